The van der Waals surface area contributed by atoms with E-state index in [1.54, 1.807) is 18.2 Å². The van der Waals surface area contributed by atoms with Crippen molar-refractivity contribution in [3.63, 3.8) is 0 Å². The van der Waals surface area contributed by atoms with Crippen molar-refractivity contribution in [3.05, 3.63) is 107 Å². The van der Waals surface area contributed by atoms with E-state index in [1.807, 2.05) is 42.6 Å². The minimum absolute atomic E-state index is 0.127. The Morgan fingerprint density at radius 1 is 0.871 bits per heavy atom. The van der Waals surface area contributed by atoms with Crippen LogP contribution in [0.5, 0.6) is 0 Å². The Morgan fingerprint density at radius 2 is 1.58 bits per heavy atom. The first-order chi connectivity index (χ1) is 15.1. The van der Waals surface area contributed by atoms with Crippen LogP contribution in [0.25, 0.3) is 17.0 Å². The lowest BCUT2D eigenvalue weighted by molar-refractivity contribution is -0.117. The predicted octanol–water partition coefficient (Wildman–Crippen LogP) is 4.46. The summed E-state index contributed by atoms with van der Waals surface area (Å²) in [5.41, 5.74) is 7.73. The molecule has 1 saturated heterocycles. The number of hydrazine groups is 1. The van der Waals surface area contributed by atoms with Crippen molar-refractivity contribution in [2.75, 3.05) is 5.01 Å². The van der Waals surface area contributed by atoms with Crippen LogP contribution in [-0.4, -0.2) is 16.4 Å². The highest BCUT2D eigenvalue weighted by molar-refractivity contribution is 6.32. The first kappa shape index (κ1) is 18.9. The number of hydrogen-bond donors (Lipinski definition) is 1. The first-order valence-electron chi connectivity index (χ1n) is 10.2. The molecule has 0 bridgehead atoms. The second-order valence-electron chi connectivity index (χ2n) is 7.69. The summed E-state index contributed by atoms with van der Waals surface area (Å²) in [6, 6.07) is 25.6. The van der Waals surface area contributed by atoms with Gasteiger partial charge in [-0.1, -0.05) is 66.2 Å². The number of nitrogens with zero attached hydrogens (tertiary/aromatic N) is 2. The number of aryl methyl sites for hydroxylation is 1. The molecule has 4 aromatic rings. The Morgan fingerprint density at radius 3 is 2.35 bits per heavy atom. The van der Waals surface area contributed by atoms with Gasteiger partial charge in [0.1, 0.15) is 5.57 Å². The van der Waals surface area contributed by atoms with Gasteiger partial charge in [0.2, 0.25) is 0 Å². The van der Waals surface area contributed by atoms with Crippen LogP contribution < -0.4 is 10.4 Å². The van der Waals surface area contributed by atoms with Gasteiger partial charge in [-0.25, -0.2) is 5.01 Å². The molecule has 31 heavy (non-hydrogen) atoms. The minimum Gasteiger partial charge on any atom is -0.342 e. The van der Waals surface area contributed by atoms with Crippen LogP contribution in [0.15, 0.2) is 90.6 Å². The van der Waals surface area contributed by atoms with Gasteiger partial charge < -0.3 is 4.57 Å². The standard InChI is InChI=1S/C26H21N3O2/c1-18-11-13-19(14-12-18)16-28-17-20(22-9-5-6-10-24(22)28)15-23-25(30)27-29(26(23)31)21-7-3-2-4-8-21/h2-15,17H,16H2,1H3,(H,27,30)/b23-15+. The zero-order valence-electron chi connectivity index (χ0n) is 17.1. The van der Waals surface area contributed by atoms with Crippen molar-refractivity contribution in [1.29, 1.82) is 0 Å². The van der Waals surface area contributed by atoms with Crippen LogP contribution in [0.1, 0.15) is 16.7 Å². The molecule has 1 N–H and O–H groups in total. The molecule has 5 heteroatoms. The average Bonchev–Trinajstić information content (AvgIpc) is 3.28. The van der Waals surface area contributed by atoms with E-state index in [-0.39, 0.29) is 11.5 Å². The van der Waals surface area contributed by atoms with Gasteiger partial charge in [-0.2, -0.15) is 0 Å². The number of rotatable bonds is 4. The molecule has 0 saturated carbocycles. The normalized spacial score (nSPS) is 15.1. The number of anilines is 1. The maximum absolute atomic E-state index is 13.0. The topological polar surface area (TPSA) is 54.3 Å². The SMILES string of the molecule is Cc1ccc(Cn2cc(/C=C3\C(=O)NN(c4ccccc4)C3=O)c3ccccc32)cc1. The highest BCUT2D eigenvalue weighted by Crippen LogP contribution is 2.27. The van der Waals surface area contributed by atoms with Gasteiger partial charge in [0.05, 0.1) is 5.69 Å². The van der Waals surface area contributed by atoms with Crippen LogP contribution in [0.3, 0.4) is 0 Å². The number of hydrogen-bond acceptors (Lipinski definition) is 2. The third kappa shape index (κ3) is 3.51. The van der Waals surface area contributed by atoms with Crippen molar-refractivity contribution in [1.82, 2.24) is 9.99 Å². The number of amides is 2. The minimum atomic E-state index is -0.399. The Hall–Kier alpha value is -4.12. The molecule has 2 heterocycles. The van der Waals surface area contributed by atoms with Crippen LogP contribution >= 0.6 is 0 Å². The summed E-state index contributed by atoms with van der Waals surface area (Å²) < 4.78 is 2.15. The van der Waals surface area contributed by atoms with Crippen molar-refractivity contribution < 1.29 is 9.59 Å². The summed E-state index contributed by atoms with van der Waals surface area (Å²) in [5, 5.41) is 2.29. The van der Waals surface area contributed by atoms with Crippen LogP contribution in [-0.2, 0) is 16.1 Å². The van der Waals surface area contributed by atoms with E-state index in [0.29, 0.717) is 12.2 Å². The molecule has 0 unspecified atom stereocenters. The Labute approximate surface area is 180 Å². The zero-order chi connectivity index (χ0) is 21.4. The summed E-state index contributed by atoms with van der Waals surface area (Å²) in [7, 11) is 0. The quantitative estimate of drug-likeness (QED) is 0.401. The molecule has 2 amide bonds. The largest absolute Gasteiger partial charge is 0.342 e. The van der Waals surface area contributed by atoms with Crippen molar-refractivity contribution >= 4 is 34.5 Å². The molecule has 1 aliphatic heterocycles. The van der Waals surface area contributed by atoms with Gasteiger partial charge in [-0.3, -0.25) is 15.0 Å². The fraction of sp³-hybridized carbons (Fsp3) is 0.0769. The second kappa shape index (κ2) is 7.61. The number of carbonyl (C=O) groups is 2. The maximum atomic E-state index is 13.0. The third-order valence-electron chi connectivity index (χ3n) is 5.50. The molecular weight excluding hydrogens is 386 g/mol. The summed E-state index contributed by atoms with van der Waals surface area (Å²) in [5.74, 6) is -0.754. The van der Waals surface area contributed by atoms with E-state index in [4.69, 9.17) is 0 Å². The Balaban J connectivity index is 1.53. The van der Waals surface area contributed by atoms with E-state index < -0.39 is 5.91 Å². The number of nitrogens with one attached hydrogen (secondary N) is 1. The molecule has 5 rings (SSSR count). The highest BCUT2D eigenvalue weighted by Gasteiger charge is 2.34. The third-order valence-corrected chi connectivity index (χ3v) is 5.50. The van der Waals surface area contributed by atoms with E-state index in [0.717, 1.165) is 16.5 Å². The summed E-state index contributed by atoms with van der Waals surface area (Å²) in [6.07, 6.45) is 3.69. The van der Waals surface area contributed by atoms with Gasteiger partial charge in [0, 0.05) is 29.2 Å². The van der Waals surface area contributed by atoms with E-state index in [1.165, 1.54) is 16.1 Å². The van der Waals surface area contributed by atoms with Gasteiger partial charge in [-0.15, -0.1) is 0 Å². The lowest BCUT2D eigenvalue weighted by atomic mass is 10.1. The number of benzene rings is 3. The Bertz CT molecular complexity index is 1320. The van der Waals surface area contributed by atoms with Gasteiger partial charge >= 0.3 is 0 Å². The summed E-state index contributed by atoms with van der Waals surface area (Å²) >= 11 is 0. The average molecular weight is 407 g/mol. The molecule has 0 atom stereocenters. The summed E-state index contributed by atoms with van der Waals surface area (Å²) in [6.45, 7) is 2.78. The van der Waals surface area contributed by atoms with Crippen LogP contribution in [0.2, 0.25) is 0 Å². The molecular formula is C26H21N3O2. The molecule has 3 aromatic carbocycles. The monoisotopic (exact) mass is 407 g/mol. The van der Waals surface area contributed by atoms with Crippen molar-refractivity contribution in [2.24, 2.45) is 0 Å². The first-order valence-corrected chi connectivity index (χ1v) is 10.2. The molecule has 152 valence electrons. The molecule has 0 spiro atoms. The van der Waals surface area contributed by atoms with E-state index >= 15 is 0 Å². The molecule has 1 aliphatic rings. The van der Waals surface area contributed by atoms with Crippen LogP contribution in [0, 0.1) is 6.92 Å². The molecule has 0 aliphatic carbocycles. The maximum Gasteiger partial charge on any atom is 0.282 e. The number of carbonyl (C=O) groups excluding carboxylic acids is 2. The number of fused-ring (bicyclic) bond motifs is 1. The lowest BCUT2D eigenvalue weighted by Gasteiger charge is -2.13. The summed E-state index contributed by atoms with van der Waals surface area (Å²) in [4.78, 5) is 25.5. The van der Waals surface area contributed by atoms with Gasteiger partial charge in [0.15, 0.2) is 0 Å². The molecule has 1 fully saturated rings. The molecule has 0 radical (unpaired) electrons. The predicted molar refractivity (Wildman–Crippen MR) is 122 cm³/mol. The van der Waals surface area contributed by atoms with Gasteiger partial charge in [-0.05, 0) is 36.8 Å². The van der Waals surface area contributed by atoms with Gasteiger partial charge in [0.25, 0.3) is 11.8 Å². The second-order valence-corrected chi connectivity index (χ2v) is 7.69. The van der Waals surface area contributed by atoms with E-state index in [9.17, 15) is 9.59 Å². The smallest absolute Gasteiger partial charge is 0.282 e. The molecule has 5 nitrogen and oxygen atoms in total. The highest BCUT2D eigenvalue weighted by atomic mass is 16.2. The number of para-hydroxylation sites is 2. The lowest BCUT2D eigenvalue weighted by Crippen LogP contribution is -2.35. The fourth-order valence-corrected chi connectivity index (χ4v) is 3.88. The fourth-order valence-electron chi connectivity index (χ4n) is 3.88. The van der Waals surface area contributed by atoms with E-state index in [2.05, 4.69) is 47.2 Å². The zero-order valence-corrected chi connectivity index (χ0v) is 17.1. The van der Waals surface area contributed by atoms with Crippen LogP contribution in [0.4, 0.5) is 5.69 Å². The Kier molecular flexibility index (Phi) is 4.64. The van der Waals surface area contributed by atoms with Crippen molar-refractivity contribution in [3.8, 4) is 0 Å². The number of aromatic nitrogens is 1. The molecule has 1 aromatic heterocycles. The van der Waals surface area contributed by atoms with Crippen molar-refractivity contribution in [2.45, 2.75) is 13.5 Å².